The molecule has 1 atom stereocenters. The van der Waals surface area contributed by atoms with Gasteiger partial charge in [0.2, 0.25) is 0 Å². The number of hydrogen-bond acceptors (Lipinski definition) is 0. The highest BCUT2D eigenvalue weighted by Gasteiger charge is 2.62. The molecule has 0 fully saturated rings. The van der Waals surface area contributed by atoms with E-state index >= 15 is 0 Å². The summed E-state index contributed by atoms with van der Waals surface area (Å²) in [6.45, 7) is 3.08. The van der Waals surface area contributed by atoms with Crippen LogP contribution >= 0.6 is 7.92 Å². The topological polar surface area (TPSA) is 0 Å². The van der Waals surface area contributed by atoms with Gasteiger partial charge >= 0.3 is 12.1 Å². The first-order chi connectivity index (χ1) is 9.45. The molecule has 1 rings (SSSR count). The molecular weight excluding hydrogens is 327 g/mol. The number of alkyl halides is 5. The normalized spacial score (nSPS) is 14.4. The Kier molecular flexibility index (Phi) is 5.24. The molecule has 0 aliphatic rings. The van der Waals surface area contributed by atoms with E-state index in [0.29, 0.717) is 12.5 Å². The Morgan fingerprint density at radius 3 is 1.95 bits per heavy atom. The Labute approximate surface area is 116 Å². The fourth-order valence-corrected chi connectivity index (χ4v) is 3.43. The van der Waals surface area contributed by atoms with E-state index in [1.165, 1.54) is 6.66 Å². The zero-order valence-electron chi connectivity index (χ0n) is 11.0. The third-order valence-corrected chi connectivity index (χ3v) is 5.04. The van der Waals surface area contributed by atoms with E-state index in [0.717, 1.165) is 0 Å². The van der Waals surface area contributed by atoms with E-state index in [1.54, 1.807) is 6.92 Å². The van der Waals surface area contributed by atoms with E-state index in [9.17, 15) is 35.1 Å². The largest absolute Gasteiger partial charge is 0.458 e. The van der Waals surface area contributed by atoms with Gasteiger partial charge in [0, 0.05) is 5.30 Å². The molecule has 1 unspecified atom stereocenters. The van der Waals surface area contributed by atoms with Crippen LogP contribution in [0.1, 0.15) is 18.9 Å². The lowest BCUT2D eigenvalue weighted by molar-refractivity contribution is -0.291. The summed E-state index contributed by atoms with van der Waals surface area (Å²) in [5.74, 6) is -12.3. The van der Waals surface area contributed by atoms with Crippen LogP contribution in [0.4, 0.5) is 35.1 Å². The number of halogens is 8. The quantitative estimate of drug-likeness (QED) is 0.416. The Balaban J connectivity index is 3.60. The summed E-state index contributed by atoms with van der Waals surface area (Å²) in [4.78, 5) is 0. The van der Waals surface area contributed by atoms with Gasteiger partial charge in [0.05, 0.1) is 0 Å². The van der Waals surface area contributed by atoms with Crippen molar-refractivity contribution in [2.24, 2.45) is 0 Å². The van der Waals surface area contributed by atoms with Crippen molar-refractivity contribution in [2.75, 3.05) is 12.8 Å². The fraction of sp³-hybridized carbons (Fsp3) is 0.500. The smallest absolute Gasteiger partial charge is 0.206 e. The van der Waals surface area contributed by atoms with Crippen molar-refractivity contribution in [2.45, 2.75) is 25.4 Å². The first-order valence-corrected chi connectivity index (χ1v) is 7.76. The van der Waals surface area contributed by atoms with Crippen molar-refractivity contribution in [3.8, 4) is 0 Å². The Morgan fingerprint density at radius 1 is 1.00 bits per heavy atom. The van der Waals surface area contributed by atoms with Crippen molar-refractivity contribution in [1.82, 2.24) is 0 Å². The summed E-state index contributed by atoms with van der Waals surface area (Å²) >= 11 is 0. The third-order valence-electron chi connectivity index (χ3n) is 2.78. The molecule has 0 heterocycles. The van der Waals surface area contributed by atoms with Crippen LogP contribution in [-0.2, 0) is 5.92 Å². The lowest BCUT2D eigenvalue weighted by Crippen LogP contribution is -2.37. The summed E-state index contributed by atoms with van der Waals surface area (Å²) < 4.78 is 104. The molecule has 0 aromatic heterocycles. The van der Waals surface area contributed by atoms with Crippen molar-refractivity contribution in [3.05, 3.63) is 29.1 Å². The molecule has 0 bridgehead atoms. The minimum absolute atomic E-state index is 0.286. The van der Waals surface area contributed by atoms with Gasteiger partial charge in [-0.25, -0.2) is 13.2 Å². The molecule has 120 valence electrons. The van der Waals surface area contributed by atoms with Crippen LogP contribution in [0.3, 0.4) is 0 Å². The highest BCUT2D eigenvalue weighted by molar-refractivity contribution is 7.64. The summed E-state index contributed by atoms with van der Waals surface area (Å²) in [5.41, 5.74) is -2.57. The van der Waals surface area contributed by atoms with Gasteiger partial charge in [0.25, 0.3) is 0 Å². The first kappa shape index (κ1) is 18.1. The van der Waals surface area contributed by atoms with Crippen molar-refractivity contribution in [1.29, 1.82) is 0 Å². The van der Waals surface area contributed by atoms with Gasteiger partial charge in [-0.15, -0.1) is 0 Å². The second-order valence-electron chi connectivity index (χ2n) is 4.37. The third kappa shape index (κ3) is 3.30. The maximum Gasteiger partial charge on any atom is 0.458 e. The van der Waals surface area contributed by atoms with Gasteiger partial charge < -0.3 is 0 Å². The first-order valence-electron chi connectivity index (χ1n) is 5.78. The summed E-state index contributed by atoms with van der Waals surface area (Å²) in [6.07, 6.45) is -5.44. The van der Waals surface area contributed by atoms with Crippen LogP contribution in [0.2, 0.25) is 0 Å². The molecule has 0 saturated carbocycles. The SMILES string of the molecule is CCCP(C)c1cc(F)c(F)c(C(F)(F)C(F)(F)F)c1F. The molecule has 0 amide bonds. The molecule has 1 aromatic carbocycles. The minimum atomic E-state index is -6.22. The van der Waals surface area contributed by atoms with Crippen LogP contribution in [0.5, 0.6) is 0 Å². The molecule has 21 heavy (non-hydrogen) atoms. The lowest BCUT2D eigenvalue weighted by atomic mass is 10.1. The average molecular weight is 338 g/mol. The zero-order valence-corrected chi connectivity index (χ0v) is 11.9. The van der Waals surface area contributed by atoms with E-state index in [-0.39, 0.29) is 6.16 Å². The van der Waals surface area contributed by atoms with Gasteiger partial charge in [-0.1, -0.05) is 21.3 Å². The van der Waals surface area contributed by atoms with Crippen LogP contribution in [0, 0.1) is 17.5 Å². The molecule has 0 radical (unpaired) electrons. The minimum Gasteiger partial charge on any atom is -0.206 e. The predicted molar refractivity (Wildman–Crippen MR) is 63.9 cm³/mol. The van der Waals surface area contributed by atoms with Crippen LogP contribution in [0.25, 0.3) is 0 Å². The second kappa shape index (κ2) is 6.07. The van der Waals surface area contributed by atoms with Crippen molar-refractivity contribution >= 4 is 13.2 Å². The Hall–Kier alpha value is -0.910. The average Bonchev–Trinajstić information content (AvgIpc) is 2.32. The van der Waals surface area contributed by atoms with Crippen LogP contribution in [0.15, 0.2) is 6.07 Å². The molecule has 0 aliphatic heterocycles. The van der Waals surface area contributed by atoms with E-state index in [2.05, 4.69) is 0 Å². The summed E-state index contributed by atoms with van der Waals surface area (Å²) in [6, 6.07) is 0.349. The lowest BCUT2D eigenvalue weighted by Gasteiger charge is -2.23. The zero-order chi connectivity index (χ0) is 16.6. The van der Waals surface area contributed by atoms with E-state index in [1.807, 2.05) is 0 Å². The monoisotopic (exact) mass is 338 g/mol. The Bertz CT molecular complexity index is 523. The molecular formula is C12H11F8P. The molecule has 0 saturated heterocycles. The molecule has 9 heteroatoms. The maximum atomic E-state index is 13.9. The molecule has 0 aliphatic carbocycles. The van der Waals surface area contributed by atoms with Gasteiger partial charge in [0.15, 0.2) is 11.6 Å². The highest BCUT2D eigenvalue weighted by atomic mass is 31.1. The van der Waals surface area contributed by atoms with E-state index in [4.69, 9.17) is 0 Å². The van der Waals surface area contributed by atoms with Gasteiger partial charge in [-0.05, 0) is 18.9 Å². The van der Waals surface area contributed by atoms with Gasteiger partial charge in [0.1, 0.15) is 11.4 Å². The standard InChI is InChI=1S/C12H11F8P/c1-3-4-21(2)7-5-6(13)9(14)8(10(7)15)11(16,17)12(18,19)20/h5H,3-4H2,1-2H3. The number of rotatable bonds is 4. The fourth-order valence-electron chi connectivity index (χ4n) is 1.74. The molecule has 0 nitrogen and oxygen atoms in total. The predicted octanol–water partition coefficient (Wildman–Crippen LogP) is 4.91. The summed E-state index contributed by atoms with van der Waals surface area (Å²) in [7, 11) is -1.51. The van der Waals surface area contributed by atoms with Crippen LogP contribution < -0.4 is 5.30 Å². The number of benzene rings is 1. The maximum absolute atomic E-state index is 13.9. The molecule has 0 spiro atoms. The number of hydrogen-bond donors (Lipinski definition) is 0. The van der Waals surface area contributed by atoms with Crippen LogP contribution in [-0.4, -0.2) is 19.0 Å². The molecule has 1 aromatic rings. The second-order valence-corrected chi connectivity index (χ2v) is 6.70. The van der Waals surface area contributed by atoms with Crippen molar-refractivity contribution < 1.29 is 35.1 Å². The van der Waals surface area contributed by atoms with Gasteiger partial charge in [-0.2, -0.15) is 22.0 Å². The molecule has 0 N–H and O–H groups in total. The highest BCUT2D eigenvalue weighted by Crippen LogP contribution is 2.47. The summed E-state index contributed by atoms with van der Waals surface area (Å²) in [5, 5.41) is -0.635. The Morgan fingerprint density at radius 2 is 1.52 bits per heavy atom. The van der Waals surface area contributed by atoms with Gasteiger partial charge in [-0.3, -0.25) is 0 Å². The van der Waals surface area contributed by atoms with E-state index < -0.39 is 48.3 Å². The van der Waals surface area contributed by atoms with Crippen molar-refractivity contribution in [3.63, 3.8) is 0 Å².